The van der Waals surface area contributed by atoms with Gasteiger partial charge in [0.15, 0.2) is 0 Å². The van der Waals surface area contributed by atoms with Crippen molar-refractivity contribution in [3.05, 3.63) is 89.9 Å². The van der Waals surface area contributed by atoms with Crippen LogP contribution in [-0.2, 0) is 0 Å². The molecule has 3 heteroatoms. The molecule has 0 aliphatic rings. The summed E-state index contributed by atoms with van der Waals surface area (Å²) in [5.41, 5.74) is 2.21. The number of fused-ring (bicyclic) bond motifs is 3. The Balaban J connectivity index is 1.80. The van der Waals surface area contributed by atoms with Crippen LogP contribution in [-0.4, -0.2) is 4.98 Å². The Morgan fingerprint density at radius 2 is 1.68 bits per heavy atom. The van der Waals surface area contributed by atoms with Crippen molar-refractivity contribution in [2.45, 2.75) is 13.7 Å². The maximum Gasteiger partial charge on any atom is 0.144 e. The maximum atomic E-state index is 14.0. The largest absolute Gasteiger partial charge is 0.455 e. The highest BCUT2D eigenvalue weighted by Gasteiger charge is 2.15. The molecule has 5 aromatic rings. The average Bonchev–Trinajstić information content (AvgIpc) is 3.16. The molecule has 0 atom stereocenters. The first kappa shape index (κ1) is 11.4. The molecular formula is C25H18FNO. The van der Waals surface area contributed by atoms with Crippen LogP contribution in [0.5, 0.6) is 0 Å². The number of para-hydroxylation sites is 2. The molecule has 28 heavy (non-hydrogen) atoms. The fourth-order valence-electron chi connectivity index (χ4n) is 3.53. The molecule has 0 aliphatic heterocycles. The van der Waals surface area contributed by atoms with Gasteiger partial charge in [0.2, 0.25) is 0 Å². The van der Waals surface area contributed by atoms with E-state index in [9.17, 15) is 4.39 Å². The summed E-state index contributed by atoms with van der Waals surface area (Å²) in [6.07, 6.45) is 1.23. The van der Waals surface area contributed by atoms with Gasteiger partial charge >= 0.3 is 0 Å². The van der Waals surface area contributed by atoms with E-state index in [-0.39, 0.29) is 22.3 Å². The Morgan fingerprint density at radius 3 is 2.57 bits per heavy atom. The van der Waals surface area contributed by atoms with Gasteiger partial charge in [-0.1, -0.05) is 36.4 Å². The molecular weight excluding hydrogens is 349 g/mol. The van der Waals surface area contributed by atoms with E-state index in [2.05, 4.69) is 4.98 Å². The van der Waals surface area contributed by atoms with Gasteiger partial charge in [0.05, 0.1) is 5.69 Å². The molecule has 0 unspecified atom stereocenters. The minimum Gasteiger partial charge on any atom is -0.455 e. The standard InChI is InChI=1S/C25H18FNO/c1-15-12-17(26)10-11-18(15)22-13-23(27-14-16(22)2)21-8-5-7-20-19-6-3-4-9-24(19)28-25(20)21/h3-14H,1-2H3/i1D3,2D3. The van der Waals surface area contributed by atoms with Crippen molar-refractivity contribution in [3.63, 3.8) is 0 Å². The molecule has 0 aliphatic carbocycles. The maximum absolute atomic E-state index is 14.0. The zero-order valence-electron chi connectivity index (χ0n) is 20.7. The number of benzene rings is 3. The van der Waals surface area contributed by atoms with Crippen LogP contribution >= 0.6 is 0 Å². The number of furan rings is 1. The van der Waals surface area contributed by atoms with Gasteiger partial charge in [-0.2, -0.15) is 0 Å². The summed E-state index contributed by atoms with van der Waals surface area (Å²) in [5, 5.41) is 1.81. The van der Waals surface area contributed by atoms with Crippen LogP contribution in [0.4, 0.5) is 4.39 Å². The lowest BCUT2D eigenvalue weighted by Crippen LogP contribution is -1.92. The van der Waals surface area contributed by atoms with Crippen LogP contribution in [0.2, 0.25) is 0 Å². The van der Waals surface area contributed by atoms with Gasteiger partial charge < -0.3 is 4.42 Å². The quantitative estimate of drug-likeness (QED) is 0.331. The van der Waals surface area contributed by atoms with Gasteiger partial charge in [0.25, 0.3) is 0 Å². The number of aromatic nitrogens is 1. The normalized spacial score (nSPS) is 15.5. The summed E-state index contributed by atoms with van der Waals surface area (Å²) >= 11 is 0. The third-order valence-electron chi connectivity index (χ3n) is 4.86. The minimum absolute atomic E-state index is 0.118. The number of rotatable bonds is 2. The fraction of sp³-hybridized carbons (Fsp3) is 0.0800. The summed E-state index contributed by atoms with van der Waals surface area (Å²) in [6, 6.07) is 18.0. The van der Waals surface area contributed by atoms with E-state index in [0.29, 0.717) is 22.4 Å². The Kier molecular flexibility index (Phi) is 2.57. The van der Waals surface area contributed by atoms with E-state index < -0.39 is 19.5 Å². The van der Waals surface area contributed by atoms with Gasteiger partial charge in [0, 0.05) is 30.8 Å². The van der Waals surface area contributed by atoms with Crippen LogP contribution in [0.15, 0.2) is 77.3 Å². The zero-order valence-corrected chi connectivity index (χ0v) is 14.7. The Morgan fingerprint density at radius 1 is 0.821 bits per heavy atom. The average molecular weight is 373 g/mol. The highest BCUT2D eigenvalue weighted by molar-refractivity contribution is 6.09. The van der Waals surface area contributed by atoms with Crippen molar-refractivity contribution in [2.24, 2.45) is 0 Å². The van der Waals surface area contributed by atoms with Gasteiger partial charge in [-0.3, -0.25) is 4.98 Å². The van der Waals surface area contributed by atoms with E-state index in [1.165, 1.54) is 18.3 Å². The Bertz CT molecular complexity index is 1550. The molecule has 2 heterocycles. The molecule has 0 spiro atoms. The topological polar surface area (TPSA) is 26.0 Å². The molecule has 0 saturated heterocycles. The lowest BCUT2D eigenvalue weighted by atomic mass is 9.95. The van der Waals surface area contributed by atoms with Gasteiger partial charge in [-0.15, -0.1) is 0 Å². The van der Waals surface area contributed by atoms with Crippen molar-refractivity contribution < 1.29 is 17.0 Å². The number of halogens is 1. The van der Waals surface area contributed by atoms with Crippen LogP contribution < -0.4 is 0 Å². The molecule has 0 saturated carbocycles. The summed E-state index contributed by atoms with van der Waals surface area (Å²) in [5.74, 6) is -0.716. The summed E-state index contributed by atoms with van der Waals surface area (Å²) in [4.78, 5) is 4.40. The van der Waals surface area contributed by atoms with E-state index >= 15 is 0 Å². The highest BCUT2D eigenvalue weighted by Crippen LogP contribution is 2.37. The van der Waals surface area contributed by atoms with Crippen LogP contribution in [0.25, 0.3) is 44.3 Å². The zero-order chi connectivity index (χ0) is 24.3. The van der Waals surface area contributed by atoms with Crippen molar-refractivity contribution in [2.75, 3.05) is 0 Å². The van der Waals surface area contributed by atoms with E-state index in [1.807, 2.05) is 36.4 Å². The summed E-state index contributed by atoms with van der Waals surface area (Å²) in [7, 11) is 0. The first-order valence-corrected chi connectivity index (χ1v) is 8.75. The smallest absolute Gasteiger partial charge is 0.144 e. The number of hydrogen-bond acceptors (Lipinski definition) is 2. The van der Waals surface area contributed by atoms with Crippen LogP contribution in [0.3, 0.4) is 0 Å². The highest BCUT2D eigenvalue weighted by atomic mass is 19.1. The minimum atomic E-state index is -2.65. The first-order valence-electron chi connectivity index (χ1n) is 11.8. The molecule has 0 bridgehead atoms. The number of hydrogen-bond donors (Lipinski definition) is 0. The first-order chi connectivity index (χ1) is 16.0. The van der Waals surface area contributed by atoms with Gasteiger partial charge in [-0.25, -0.2) is 4.39 Å². The SMILES string of the molecule is [2H]C([2H])([2H])c1cnc(-c2cccc3c2oc2ccccc23)cc1-c1ccc(F)cc1C([2H])([2H])[2H]. The Hall–Kier alpha value is -3.46. The molecule has 2 aromatic heterocycles. The van der Waals surface area contributed by atoms with Crippen LogP contribution in [0, 0.1) is 19.5 Å². The molecule has 0 amide bonds. The monoisotopic (exact) mass is 373 g/mol. The number of nitrogens with zero attached hydrogens (tertiary/aromatic N) is 1. The molecule has 0 fully saturated rings. The van der Waals surface area contributed by atoms with Crippen molar-refractivity contribution in [3.8, 4) is 22.4 Å². The number of aryl methyl sites for hydroxylation is 2. The van der Waals surface area contributed by atoms with E-state index in [0.717, 1.165) is 22.9 Å². The third kappa shape index (κ3) is 2.59. The predicted octanol–water partition coefficient (Wildman–Crippen LogP) is 7.07. The van der Waals surface area contributed by atoms with E-state index in [1.54, 1.807) is 6.07 Å². The van der Waals surface area contributed by atoms with Crippen molar-refractivity contribution in [1.29, 1.82) is 0 Å². The predicted molar refractivity (Wildman–Crippen MR) is 112 cm³/mol. The lowest BCUT2D eigenvalue weighted by Gasteiger charge is -2.11. The molecule has 0 radical (unpaired) electrons. The molecule has 3 aromatic carbocycles. The van der Waals surface area contributed by atoms with Crippen LogP contribution in [0.1, 0.15) is 19.4 Å². The van der Waals surface area contributed by atoms with E-state index in [4.69, 9.17) is 12.6 Å². The van der Waals surface area contributed by atoms with Gasteiger partial charge in [0.1, 0.15) is 17.0 Å². The number of pyridine rings is 1. The second-order valence-corrected chi connectivity index (χ2v) is 6.59. The molecule has 0 N–H and O–H groups in total. The second kappa shape index (κ2) is 6.31. The Labute approximate surface area is 170 Å². The van der Waals surface area contributed by atoms with Crippen molar-refractivity contribution in [1.82, 2.24) is 4.98 Å². The summed E-state index contributed by atoms with van der Waals surface area (Å²) in [6.45, 7) is -5.21. The summed E-state index contributed by atoms with van der Waals surface area (Å²) < 4.78 is 67.6. The molecule has 136 valence electrons. The lowest BCUT2D eigenvalue weighted by molar-refractivity contribution is 0.627. The molecule has 2 nitrogen and oxygen atoms in total. The second-order valence-electron chi connectivity index (χ2n) is 6.59. The fourth-order valence-corrected chi connectivity index (χ4v) is 3.53. The van der Waals surface area contributed by atoms with Gasteiger partial charge in [-0.05, 0) is 66.3 Å². The third-order valence-corrected chi connectivity index (χ3v) is 4.86. The van der Waals surface area contributed by atoms with Crippen molar-refractivity contribution >= 4 is 21.9 Å². The molecule has 5 rings (SSSR count).